The molecule has 0 aliphatic heterocycles. The summed E-state index contributed by atoms with van der Waals surface area (Å²) in [5, 5.41) is 43.1. The van der Waals surface area contributed by atoms with E-state index in [-0.39, 0.29) is 0 Å². The van der Waals surface area contributed by atoms with Crippen molar-refractivity contribution in [2.24, 2.45) is 0 Å². The summed E-state index contributed by atoms with van der Waals surface area (Å²) in [7, 11) is 0. The van der Waals surface area contributed by atoms with Crippen LogP contribution in [0.3, 0.4) is 0 Å². The maximum absolute atomic E-state index is 12.3. The van der Waals surface area contributed by atoms with Crippen LogP contribution in [0.2, 0.25) is 0 Å². The Hall–Kier alpha value is -1.21. The lowest BCUT2D eigenvalue weighted by Gasteiger charge is -2.27. The lowest BCUT2D eigenvalue weighted by atomic mass is 10.00. The van der Waals surface area contributed by atoms with Gasteiger partial charge in [-0.15, -0.1) is 0 Å². The van der Waals surface area contributed by atoms with Crippen molar-refractivity contribution in [3.8, 4) is 0 Å². The van der Waals surface area contributed by atoms with Gasteiger partial charge in [-0.3, -0.25) is 4.79 Å². The molecule has 4 atom stereocenters. The van der Waals surface area contributed by atoms with E-state index in [0.29, 0.717) is 19.3 Å². The second kappa shape index (κ2) is 29.3. The molecule has 236 valence electrons. The van der Waals surface area contributed by atoms with E-state index in [1.165, 1.54) is 83.5 Å². The summed E-state index contributed by atoms with van der Waals surface area (Å²) in [4.78, 5) is 12.3. The summed E-state index contributed by atoms with van der Waals surface area (Å²) in [5.41, 5.74) is 0. The molecule has 0 rings (SSSR count). The summed E-state index contributed by atoms with van der Waals surface area (Å²) >= 11 is 0. The highest BCUT2D eigenvalue weighted by atomic mass is 16.3. The number of nitrogens with one attached hydrogen (secondary N) is 1. The number of amides is 1. The smallest absolute Gasteiger partial charge is 0.249 e. The first-order valence-corrected chi connectivity index (χ1v) is 16.7. The van der Waals surface area contributed by atoms with Crippen LogP contribution >= 0.6 is 0 Å². The molecule has 6 heteroatoms. The van der Waals surface area contributed by atoms with Crippen LogP contribution < -0.4 is 5.32 Å². The van der Waals surface area contributed by atoms with Gasteiger partial charge in [0.2, 0.25) is 5.91 Å². The summed E-state index contributed by atoms with van der Waals surface area (Å²) in [6.45, 7) is 3.96. The highest BCUT2D eigenvalue weighted by Crippen LogP contribution is 2.13. The van der Waals surface area contributed by atoms with Crippen molar-refractivity contribution in [3.05, 3.63) is 24.3 Å². The van der Waals surface area contributed by atoms with Gasteiger partial charge in [0.05, 0.1) is 18.8 Å². The van der Waals surface area contributed by atoms with E-state index in [9.17, 15) is 25.2 Å². The number of aliphatic hydroxyl groups is 4. The SMILES string of the molecule is CCCCCCCC/C=C/CC/C=C/CCCC(O)C(O)C(CO)NC(=O)C(O)CCCCCCCCCCC. The van der Waals surface area contributed by atoms with Crippen LogP contribution in [0.25, 0.3) is 0 Å². The van der Waals surface area contributed by atoms with Crippen LogP contribution in [0.1, 0.15) is 155 Å². The van der Waals surface area contributed by atoms with Gasteiger partial charge in [-0.05, 0) is 51.4 Å². The minimum absolute atomic E-state index is 0.361. The van der Waals surface area contributed by atoms with Gasteiger partial charge in [0, 0.05) is 0 Å². The number of rotatable bonds is 29. The van der Waals surface area contributed by atoms with Crippen molar-refractivity contribution in [3.63, 3.8) is 0 Å². The van der Waals surface area contributed by atoms with Crippen LogP contribution in [-0.2, 0) is 4.79 Å². The van der Waals surface area contributed by atoms with Crippen LogP contribution in [0.5, 0.6) is 0 Å². The fourth-order valence-electron chi connectivity index (χ4n) is 4.89. The van der Waals surface area contributed by atoms with Gasteiger partial charge in [0.15, 0.2) is 0 Å². The monoisotopic (exact) mass is 567 g/mol. The molecule has 6 nitrogen and oxygen atoms in total. The second-order valence-corrected chi connectivity index (χ2v) is 11.5. The summed E-state index contributed by atoms with van der Waals surface area (Å²) in [6, 6.07) is -1.00. The molecular weight excluding hydrogens is 502 g/mol. The Kier molecular flexibility index (Phi) is 28.4. The molecular formula is C34H65NO5. The average Bonchev–Trinajstić information content (AvgIpc) is 2.96. The first-order valence-electron chi connectivity index (χ1n) is 16.7. The minimum Gasteiger partial charge on any atom is -0.394 e. The van der Waals surface area contributed by atoms with Gasteiger partial charge in [-0.1, -0.05) is 128 Å². The number of unbranched alkanes of at least 4 members (excludes halogenated alkanes) is 16. The normalized spacial score (nSPS) is 15.1. The quantitative estimate of drug-likeness (QED) is 0.0482. The van der Waals surface area contributed by atoms with Crippen molar-refractivity contribution in [1.82, 2.24) is 5.32 Å². The van der Waals surface area contributed by atoms with E-state index in [1.807, 2.05) is 0 Å². The zero-order valence-electron chi connectivity index (χ0n) is 26.1. The molecule has 0 aliphatic carbocycles. The Bertz CT molecular complexity index is 609. The molecule has 0 aromatic rings. The minimum atomic E-state index is -1.28. The highest BCUT2D eigenvalue weighted by Gasteiger charge is 2.28. The van der Waals surface area contributed by atoms with Gasteiger partial charge in [-0.25, -0.2) is 0 Å². The maximum Gasteiger partial charge on any atom is 0.249 e. The van der Waals surface area contributed by atoms with Crippen molar-refractivity contribution < 1.29 is 25.2 Å². The number of allylic oxidation sites excluding steroid dienone is 4. The Morgan fingerprint density at radius 3 is 1.57 bits per heavy atom. The zero-order valence-corrected chi connectivity index (χ0v) is 26.1. The first-order chi connectivity index (χ1) is 19.5. The number of hydrogen-bond donors (Lipinski definition) is 5. The summed E-state index contributed by atoms with van der Waals surface area (Å²) in [5.74, 6) is -0.603. The number of hydrogen-bond acceptors (Lipinski definition) is 5. The molecule has 0 aliphatic rings. The maximum atomic E-state index is 12.3. The van der Waals surface area contributed by atoms with Gasteiger partial charge in [0.25, 0.3) is 0 Å². The van der Waals surface area contributed by atoms with Crippen LogP contribution in [0, 0.1) is 0 Å². The standard InChI is InChI=1S/C34H65NO5/c1-3-5-7-9-11-13-14-15-16-17-18-20-21-23-25-27-31(37)33(39)30(29-36)35-34(40)32(38)28-26-24-22-19-12-10-8-6-4-2/h15-16,20-21,30-33,36-39H,3-14,17-19,22-29H2,1-2H3,(H,35,40)/b16-15+,21-20+. The number of carbonyl (C=O) groups excluding carboxylic acids is 1. The van der Waals surface area contributed by atoms with Crippen LogP contribution in [0.4, 0.5) is 0 Å². The zero-order chi connectivity index (χ0) is 29.7. The highest BCUT2D eigenvalue weighted by molar-refractivity contribution is 5.80. The van der Waals surface area contributed by atoms with Gasteiger partial charge in [-0.2, -0.15) is 0 Å². The molecule has 40 heavy (non-hydrogen) atoms. The van der Waals surface area contributed by atoms with Gasteiger partial charge < -0.3 is 25.7 Å². The predicted molar refractivity (Wildman–Crippen MR) is 168 cm³/mol. The Labute approximate surface area is 246 Å². The molecule has 5 N–H and O–H groups in total. The molecule has 1 amide bonds. The summed E-state index contributed by atoms with van der Waals surface area (Å²) < 4.78 is 0. The van der Waals surface area contributed by atoms with Crippen molar-refractivity contribution in [1.29, 1.82) is 0 Å². The third kappa shape index (κ3) is 23.5. The van der Waals surface area contributed by atoms with Gasteiger partial charge in [0.1, 0.15) is 12.2 Å². The lowest BCUT2D eigenvalue weighted by Crippen LogP contribution is -2.53. The molecule has 0 spiro atoms. The molecule has 0 bridgehead atoms. The van der Waals surface area contributed by atoms with Crippen LogP contribution in [0.15, 0.2) is 24.3 Å². The average molecular weight is 568 g/mol. The van der Waals surface area contributed by atoms with Crippen molar-refractivity contribution >= 4 is 5.91 Å². The molecule has 0 aromatic heterocycles. The molecule has 0 heterocycles. The van der Waals surface area contributed by atoms with E-state index in [2.05, 4.69) is 43.5 Å². The lowest BCUT2D eigenvalue weighted by molar-refractivity contribution is -0.132. The predicted octanol–water partition coefficient (Wildman–Crippen LogP) is 7.28. The molecule has 4 unspecified atom stereocenters. The second-order valence-electron chi connectivity index (χ2n) is 11.5. The van der Waals surface area contributed by atoms with Crippen molar-refractivity contribution in [2.75, 3.05) is 6.61 Å². The number of aliphatic hydroxyl groups excluding tert-OH is 4. The summed E-state index contributed by atoms with van der Waals surface area (Å²) in [6.07, 6.45) is 29.2. The number of carbonyl (C=O) groups is 1. The van der Waals surface area contributed by atoms with E-state index in [0.717, 1.165) is 38.5 Å². The largest absolute Gasteiger partial charge is 0.394 e. The third-order valence-electron chi connectivity index (χ3n) is 7.64. The van der Waals surface area contributed by atoms with Crippen molar-refractivity contribution in [2.45, 2.75) is 179 Å². The van der Waals surface area contributed by atoms with Gasteiger partial charge >= 0.3 is 0 Å². The molecule has 0 aromatic carbocycles. The topological polar surface area (TPSA) is 110 Å². The third-order valence-corrected chi connectivity index (χ3v) is 7.64. The molecule has 0 fully saturated rings. The first kappa shape index (κ1) is 38.8. The Morgan fingerprint density at radius 2 is 1.05 bits per heavy atom. The fourth-order valence-corrected chi connectivity index (χ4v) is 4.89. The fraction of sp³-hybridized carbons (Fsp3) is 0.853. The molecule has 0 saturated heterocycles. The molecule has 0 radical (unpaired) electrons. The molecule has 0 saturated carbocycles. The van der Waals surface area contributed by atoms with E-state index in [4.69, 9.17) is 0 Å². The van der Waals surface area contributed by atoms with Crippen LogP contribution in [-0.4, -0.2) is 57.3 Å². The Balaban J connectivity index is 3.95. The Morgan fingerprint density at radius 1 is 0.600 bits per heavy atom. The van der Waals surface area contributed by atoms with E-state index < -0.39 is 36.9 Å². The van der Waals surface area contributed by atoms with E-state index in [1.54, 1.807) is 0 Å². The van der Waals surface area contributed by atoms with E-state index >= 15 is 0 Å².